The van der Waals surface area contributed by atoms with Gasteiger partial charge < -0.3 is 10.1 Å². The molecule has 0 bridgehead atoms. The van der Waals surface area contributed by atoms with Gasteiger partial charge in [0, 0.05) is 17.7 Å². The predicted octanol–water partition coefficient (Wildman–Crippen LogP) is 4.10. The van der Waals surface area contributed by atoms with Gasteiger partial charge >= 0.3 is 0 Å². The Morgan fingerprint density at radius 3 is 2.36 bits per heavy atom. The molecule has 0 heterocycles. The lowest BCUT2D eigenvalue weighted by Gasteiger charge is -2.20. The quantitative estimate of drug-likeness (QED) is 0.452. The van der Waals surface area contributed by atoms with Crippen molar-refractivity contribution in [1.29, 1.82) is 0 Å². The van der Waals surface area contributed by atoms with Crippen molar-refractivity contribution in [2.75, 3.05) is 6.61 Å². The van der Waals surface area contributed by atoms with E-state index in [4.69, 9.17) is 4.74 Å². The van der Waals surface area contributed by atoms with Crippen LogP contribution in [0, 0.1) is 0 Å². The zero-order valence-corrected chi connectivity index (χ0v) is 12.6. The molecule has 114 valence electrons. The number of amides is 1. The normalized spacial score (nSPS) is 11.6. The zero-order valence-electron chi connectivity index (χ0n) is 12.6. The van der Waals surface area contributed by atoms with E-state index >= 15 is 0 Å². The number of hydrogen-bond donors (Lipinski definition) is 1. The van der Waals surface area contributed by atoms with Crippen molar-refractivity contribution in [3.05, 3.63) is 84.4 Å². The molecular weight excluding hydrogens is 274 g/mol. The first kappa shape index (κ1) is 16.0. The Bertz CT molecular complexity index is 581. The third-order valence-corrected chi connectivity index (χ3v) is 3.24. The summed E-state index contributed by atoms with van der Waals surface area (Å²) >= 11 is 0. The van der Waals surface area contributed by atoms with Gasteiger partial charge in [0.15, 0.2) is 6.23 Å². The fraction of sp³-hybridized carbons (Fsp3) is 0.211. The summed E-state index contributed by atoms with van der Waals surface area (Å²) in [6.07, 6.45) is 3.20. The van der Waals surface area contributed by atoms with Crippen LogP contribution in [0.5, 0.6) is 0 Å². The molecule has 0 unspecified atom stereocenters. The molecule has 2 aromatic rings. The first-order chi connectivity index (χ1) is 10.8. The van der Waals surface area contributed by atoms with Gasteiger partial charge in [0.2, 0.25) is 0 Å². The number of allylic oxidation sites excluding steroid dienone is 1. The number of hydrogen-bond acceptors (Lipinski definition) is 2. The maximum atomic E-state index is 12.3. The van der Waals surface area contributed by atoms with E-state index in [9.17, 15) is 4.79 Å². The molecule has 0 aliphatic rings. The van der Waals surface area contributed by atoms with Crippen LogP contribution in [0.2, 0.25) is 0 Å². The summed E-state index contributed by atoms with van der Waals surface area (Å²) in [7, 11) is 0. The van der Waals surface area contributed by atoms with E-state index in [1.165, 1.54) is 0 Å². The lowest BCUT2D eigenvalue weighted by atomic mass is 10.1. The summed E-state index contributed by atoms with van der Waals surface area (Å²) in [5.74, 6) is -0.141. The average Bonchev–Trinajstić information content (AvgIpc) is 2.59. The minimum Gasteiger partial charge on any atom is -0.354 e. The summed E-state index contributed by atoms with van der Waals surface area (Å²) in [5.41, 5.74) is 1.56. The van der Waals surface area contributed by atoms with Crippen molar-refractivity contribution in [3.8, 4) is 0 Å². The van der Waals surface area contributed by atoms with Gasteiger partial charge in [0.1, 0.15) is 0 Å². The summed E-state index contributed by atoms with van der Waals surface area (Å²) in [6.45, 7) is 4.27. The molecule has 0 fully saturated rings. The van der Waals surface area contributed by atoms with Crippen molar-refractivity contribution in [2.24, 2.45) is 0 Å². The highest BCUT2D eigenvalue weighted by atomic mass is 16.5. The van der Waals surface area contributed by atoms with E-state index in [0.29, 0.717) is 12.2 Å². The van der Waals surface area contributed by atoms with Crippen LogP contribution in [-0.4, -0.2) is 12.5 Å². The summed E-state index contributed by atoms with van der Waals surface area (Å²) in [6, 6.07) is 18.9. The predicted molar refractivity (Wildman–Crippen MR) is 88.5 cm³/mol. The third kappa shape index (κ3) is 4.86. The van der Waals surface area contributed by atoms with Crippen molar-refractivity contribution in [3.63, 3.8) is 0 Å². The minimum absolute atomic E-state index is 0.141. The highest BCUT2D eigenvalue weighted by Crippen LogP contribution is 2.15. The molecule has 0 saturated carbocycles. The Balaban J connectivity index is 2.04. The lowest BCUT2D eigenvalue weighted by Crippen LogP contribution is -2.30. The number of benzene rings is 2. The molecule has 0 radical (unpaired) electrons. The van der Waals surface area contributed by atoms with Gasteiger partial charge in [0.25, 0.3) is 5.91 Å². The van der Waals surface area contributed by atoms with Gasteiger partial charge in [-0.15, -0.1) is 6.58 Å². The highest BCUT2D eigenvalue weighted by Gasteiger charge is 2.15. The summed E-state index contributed by atoms with van der Waals surface area (Å²) in [4.78, 5) is 12.3. The largest absolute Gasteiger partial charge is 0.354 e. The van der Waals surface area contributed by atoms with Crippen molar-refractivity contribution in [1.82, 2.24) is 5.32 Å². The highest BCUT2D eigenvalue weighted by molar-refractivity contribution is 5.94. The Hall–Kier alpha value is -2.39. The maximum absolute atomic E-state index is 12.3. The Morgan fingerprint density at radius 2 is 1.73 bits per heavy atom. The smallest absolute Gasteiger partial charge is 0.253 e. The van der Waals surface area contributed by atoms with Gasteiger partial charge in [-0.1, -0.05) is 54.6 Å². The third-order valence-electron chi connectivity index (χ3n) is 3.24. The molecule has 0 spiro atoms. The number of nitrogens with one attached hydrogen (secondary N) is 1. The van der Waals surface area contributed by atoms with Crippen LogP contribution >= 0.6 is 0 Å². The Morgan fingerprint density at radius 1 is 1.09 bits per heavy atom. The second-order valence-electron chi connectivity index (χ2n) is 4.93. The molecule has 2 aromatic carbocycles. The van der Waals surface area contributed by atoms with Crippen LogP contribution in [-0.2, 0) is 4.74 Å². The fourth-order valence-corrected chi connectivity index (χ4v) is 2.07. The van der Waals surface area contributed by atoms with Crippen molar-refractivity contribution < 1.29 is 9.53 Å². The van der Waals surface area contributed by atoms with Crippen LogP contribution in [0.15, 0.2) is 73.3 Å². The SMILES string of the molecule is C=CCCCO[C@H](NC(=O)c1ccccc1)c1ccccc1. The molecule has 1 atom stereocenters. The van der Waals surface area contributed by atoms with Crippen LogP contribution in [0.3, 0.4) is 0 Å². The van der Waals surface area contributed by atoms with E-state index in [1.807, 2.05) is 54.6 Å². The average molecular weight is 295 g/mol. The molecule has 1 N–H and O–H groups in total. The van der Waals surface area contributed by atoms with E-state index in [-0.39, 0.29) is 5.91 Å². The number of ether oxygens (including phenoxy) is 1. The standard InChI is InChI=1S/C19H21NO2/c1-2-3-10-15-22-19(17-13-8-5-9-14-17)20-18(21)16-11-6-4-7-12-16/h2,4-9,11-14,19H,1,3,10,15H2,(H,20,21)/t19-/m0/s1. The van der Waals surface area contributed by atoms with Crippen LogP contribution in [0.25, 0.3) is 0 Å². The topological polar surface area (TPSA) is 38.3 Å². The molecule has 0 aromatic heterocycles. The molecular formula is C19H21NO2. The molecule has 0 saturated heterocycles. The van der Waals surface area contributed by atoms with Gasteiger partial charge in [-0.05, 0) is 25.0 Å². The molecule has 0 aliphatic heterocycles. The molecule has 22 heavy (non-hydrogen) atoms. The van der Waals surface area contributed by atoms with Gasteiger partial charge in [-0.2, -0.15) is 0 Å². The van der Waals surface area contributed by atoms with Crippen molar-refractivity contribution >= 4 is 5.91 Å². The van der Waals surface area contributed by atoms with Gasteiger partial charge in [0.05, 0.1) is 0 Å². The Labute approximate surface area is 131 Å². The molecule has 3 nitrogen and oxygen atoms in total. The molecule has 1 amide bonds. The molecule has 0 aliphatic carbocycles. The number of unbranched alkanes of at least 4 members (excludes halogenated alkanes) is 1. The maximum Gasteiger partial charge on any atom is 0.253 e. The van der Waals surface area contributed by atoms with Gasteiger partial charge in [-0.3, -0.25) is 4.79 Å². The first-order valence-electron chi connectivity index (χ1n) is 7.44. The second kappa shape index (κ2) is 8.80. The van der Waals surface area contributed by atoms with E-state index in [0.717, 1.165) is 18.4 Å². The second-order valence-corrected chi connectivity index (χ2v) is 4.93. The molecule has 3 heteroatoms. The monoisotopic (exact) mass is 295 g/mol. The fourth-order valence-electron chi connectivity index (χ4n) is 2.07. The van der Waals surface area contributed by atoms with E-state index in [2.05, 4.69) is 11.9 Å². The first-order valence-corrected chi connectivity index (χ1v) is 7.44. The lowest BCUT2D eigenvalue weighted by molar-refractivity contribution is 0.0258. The van der Waals surface area contributed by atoms with Crippen LogP contribution < -0.4 is 5.32 Å². The van der Waals surface area contributed by atoms with Crippen molar-refractivity contribution in [2.45, 2.75) is 19.1 Å². The van der Waals surface area contributed by atoms with Crippen LogP contribution in [0.4, 0.5) is 0 Å². The van der Waals surface area contributed by atoms with Crippen LogP contribution in [0.1, 0.15) is 35.0 Å². The van der Waals surface area contributed by atoms with Gasteiger partial charge in [-0.25, -0.2) is 0 Å². The summed E-state index contributed by atoms with van der Waals surface area (Å²) < 4.78 is 5.84. The minimum atomic E-state index is -0.446. The summed E-state index contributed by atoms with van der Waals surface area (Å²) in [5, 5.41) is 2.94. The zero-order chi connectivity index (χ0) is 15.6. The Kier molecular flexibility index (Phi) is 6.39. The van der Waals surface area contributed by atoms with E-state index < -0.39 is 6.23 Å². The number of rotatable bonds is 8. The number of carbonyl (C=O) groups excluding carboxylic acids is 1. The number of carbonyl (C=O) groups is 1. The van der Waals surface area contributed by atoms with E-state index in [1.54, 1.807) is 12.1 Å². The molecule has 2 rings (SSSR count).